The Hall–Kier alpha value is -2.27. The zero-order valence-corrected chi connectivity index (χ0v) is 20.6. The van der Waals surface area contributed by atoms with Crippen LogP contribution in [0.25, 0.3) is 0 Å². The van der Waals surface area contributed by atoms with Crippen LogP contribution in [0.2, 0.25) is 0 Å². The van der Waals surface area contributed by atoms with Crippen molar-refractivity contribution < 1.29 is 46.5 Å². The molecule has 33 heavy (non-hydrogen) atoms. The Bertz CT molecular complexity index is 905. The van der Waals surface area contributed by atoms with Gasteiger partial charge in [-0.05, 0) is 27.7 Å². The van der Waals surface area contributed by atoms with E-state index in [4.69, 9.17) is 27.6 Å². The average molecular weight is 490 g/mol. The second-order valence-electron chi connectivity index (χ2n) is 9.25. The van der Waals surface area contributed by atoms with Crippen LogP contribution in [-0.4, -0.2) is 49.1 Å². The summed E-state index contributed by atoms with van der Waals surface area (Å²) in [5, 5.41) is 6.27. The molecule has 1 aromatic heterocycles. The molecule has 1 fully saturated rings. The van der Waals surface area contributed by atoms with Crippen molar-refractivity contribution in [2.45, 2.75) is 60.7 Å². The third kappa shape index (κ3) is 8.22. The highest BCUT2D eigenvalue weighted by Gasteiger charge is 2.49. The van der Waals surface area contributed by atoms with Gasteiger partial charge in [0.15, 0.2) is 6.10 Å². The number of carbonyl (C=O) groups is 3. The van der Waals surface area contributed by atoms with E-state index in [2.05, 4.69) is 10.5 Å². The Morgan fingerprint density at radius 1 is 1.27 bits per heavy atom. The van der Waals surface area contributed by atoms with Crippen LogP contribution >= 0.6 is 7.82 Å². The lowest BCUT2D eigenvalue weighted by Crippen LogP contribution is -2.50. The molecule has 0 aromatic carbocycles. The Morgan fingerprint density at radius 3 is 2.58 bits per heavy atom. The topological polar surface area (TPSA) is 152 Å². The molecule has 13 heteroatoms. The van der Waals surface area contributed by atoms with Crippen LogP contribution in [0.5, 0.6) is 0 Å². The fourth-order valence-corrected chi connectivity index (χ4v) is 4.06. The number of rotatable bonds is 9. The van der Waals surface area contributed by atoms with Gasteiger partial charge in [0.1, 0.15) is 18.1 Å². The van der Waals surface area contributed by atoms with Crippen molar-refractivity contribution in [3.8, 4) is 0 Å². The first-order valence-electron chi connectivity index (χ1n) is 10.3. The molecule has 12 nitrogen and oxygen atoms in total. The number of aromatic nitrogens is 1. The summed E-state index contributed by atoms with van der Waals surface area (Å²) >= 11 is 0. The fraction of sp³-hybridized carbons (Fsp3) is 0.700. The molecule has 1 amide bonds. The summed E-state index contributed by atoms with van der Waals surface area (Å²) in [6, 6.07) is 1.64. The molecular weight excluding hydrogens is 459 g/mol. The standard InChI is InChI=1S/C20H31N2O10P/c1-13-9-14(22-31-13)10-27-15(23)7-8-21-17(24)16-20(5,6)11-29-33(26,32-16)30-12-28-18(25)19(2,3)4/h9,16H,7-8,10-12H2,1-6H3,(H,21,24)/t16-,33+/m0/s1. The minimum Gasteiger partial charge on any atom is -0.459 e. The van der Waals surface area contributed by atoms with E-state index in [1.807, 2.05) is 0 Å². The van der Waals surface area contributed by atoms with Crippen molar-refractivity contribution >= 4 is 25.7 Å². The minimum atomic E-state index is -4.15. The van der Waals surface area contributed by atoms with Crippen LogP contribution in [-0.2, 0) is 48.6 Å². The Kier molecular flexibility index (Phi) is 8.81. The Balaban J connectivity index is 1.81. The first kappa shape index (κ1) is 27.0. The third-order valence-corrected chi connectivity index (χ3v) is 5.81. The van der Waals surface area contributed by atoms with Gasteiger partial charge in [-0.1, -0.05) is 19.0 Å². The van der Waals surface area contributed by atoms with Crippen molar-refractivity contribution in [1.29, 1.82) is 0 Å². The molecule has 2 heterocycles. The Labute approximate surface area is 192 Å². The summed E-state index contributed by atoms with van der Waals surface area (Å²) < 4.78 is 43.2. The van der Waals surface area contributed by atoms with E-state index in [1.54, 1.807) is 47.6 Å². The van der Waals surface area contributed by atoms with Gasteiger partial charge in [-0.25, -0.2) is 9.09 Å². The van der Waals surface area contributed by atoms with E-state index < -0.39 is 49.4 Å². The number of carbonyl (C=O) groups excluding carboxylic acids is 3. The lowest BCUT2D eigenvalue weighted by molar-refractivity contribution is -0.163. The number of amides is 1. The zero-order chi connectivity index (χ0) is 24.9. The highest BCUT2D eigenvalue weighted by molar-refractivity contribution is 7.48. The van der Waals surface area contributed by atoms with Crippen molar-refractivity contribution in [3.63, 3.8) is 0 Å². The lowest BCUT2D eigenvalue weighted by Gasteiger charge is -2.39. The van der Waals surface area contributed by atoms with Gasteiger partial charge in [0.25, 0.3) is 0 Å². The molecule has 1 aliphatic rings. The van der Waals surface area contributed by atoms with Crippen molar-refractivity contribution in [1.82, 2.24) is 10.5 Å². The van der Waals surface area contributed by atoms with Gasteiger partial charge in [-0.15, -0.1) is 0 Å². The lowest BCUT2D eigenvalue weighted by atomic mass is 9.87. The van der Waals surface area contributed by atoms with Gasteiger partial charge in [0.2, 0.25) is 12.7 Å². The summed E-state index contributed by atoms with van der Waals surface area (Å²) in [5.41, 5.74) is -1.13. The molecule has 186 valence electrons. The number of ether oxygens (including phenoxy) is 2. The van der Waals surface area contributed by atoms with Crippen molar-refractivity contribution in [2.24, 2.45) is 10.8 Å². The van der Waals surface area contributed by atoms with Gasteiger partial charge in [-0.3, -0.25) is 23.4 Å². The molecule has 0 aliphatic carbocycles. The number of aryl methyl sites for hydroxylation is 1. The van der Waals surface area contributed by atoms with E-state index in [9.17, 15) is 18.9 Å². The summed E-state index contributed by atoms with van der Waals surface area (Å²) in [6.07, 6.45) is -1.28. The summed E-state index contributed by atoms with van der Waals surface area (Å²) in [7, 11) is -4.15. The molecule has 0 bridgehead atoms. The molecule has 2 rings (SSSR count). The minimum absolute atomic E-state index is 0.0271. The maximum absolute atomic E-state index is 12.7. The molecule has 1 aromatic rings. The van der Waals surface area contributed by atoms with E-state index in [0.29, 0.717) is 11.5 Å². The maximum atomic E-state index is 12.7. The zero-order valence-electron chi connectivity index (χ0n) is 19.7. The highest BCUT2D eigenvalue weighted by Crippen LogP contribution is 2.57. The van der Waals surface area contributed by atoms with Gasteiger partial charge < -0.3 is 19.3 Å². The van der Waals surface area contributed by atoms with Gasteiger partial charge in [-0.2, -0.15) is 0 Å². The quantitative estimate of drug-likeness (QED) is 0.309. The summed E-state index contributed by atoms with van der Waals surface area (Å²) in [6.45, 7) is 9.23. The van der Waals surface area contributed by atoms with Crippen LogP contribution < -0.4 is 5.32 Å². The monoisotopic (exact) mass is 490 g/mol. The number of hydrogen-bond donors (Lipinski definition) is 1. The maximum Gasteiger partial charge on any atom is 0.478 e. The average Bonchev–Trinajstić information content (AvgIpc) is 3.13. The third-order valence-electron chi connectivity index (χ3n) is 4.48. The number of phosphoric ester groups is 1. The van der Waals surface area contributed by atoms with Gasteiger partial charge in [0, 0.05) is 18.0 Å². The summed E-state index contributed by atoms with van der Waals surface area (Å²) in [5.74, 6) is -1.11. The predicted molar refractivity (Wildman–Crippen MR) is 112 cm³/mol. The molecule has 0 radical (unpaired) electrons. The molecule has 0 unspecified atom stereocenters. The molecular formula is C20H31N2O10P. The Morgan fingerprint density at radius 2 is 1.97 bits per heavy atom. The molecule has 1 saturated heterocycles. The number of hydrogen-bond acceptors (Lipinski definition) is 11. The van der Waals surface area contributed by atoms with Crippen LogP contribution in [0.1, 0.15) is 52.5 Å². The largest absolute Gasteiger partial charge is 0.478 e. The normalized spacial score (nSPS) is 22.4. The SMILES string of the molecule is Cc1cc(COC(=O)CCNC(=O)[C@@H]2O[P@@](=O)(OCOC(=O)C(C)(C)C)OCC2(C)C)no1. The van der Waals surface area contributed by atoms with E-state index in [-0.39, 0.29) is 26.2 Å². The number of phosphoric acid groups is 1. The molecule has 1 aliphatic heterocycles. The van der Waals surface area contributed by atoms with Crippen molar-refractivity contribution in [3.05, 3.63) is 17.5 Å². The molecule has 1 N–H and O–H groups in total. The first-order chi connectivity index (χ1) is 15.2. The fourth-order valence-electron chi connectivity index (χ4n) is 2.55. The van der Waals surface area contributed by atoms with E-state index in [1.165, 1.54) is 0 Å². The van der Waals surface area contributed by atoms with E-state index >= 15 is 0 Å². The second kappa shape index (κ2) is 10.8. The smallest absolute Gasteiger partial charge is 0.459 e. The van der Waals surface area contributed by atoms with Crippen LogP contribution in [0.4, 0.5) is 0 Å². The second-order valence-corrected chi connectivity index (χ2v) is 10.9. The predicted octanol–water partition coefficient (Wildman–Crippen LogP) is 2.65. The van der Waals surface area contributed by atoms with Crippen LogP contribution in [0.15, 0.2) is 10.6 Å². The summed E-state index contributed by atoms with van der Waals surface area (Å²) in [4.78, 5) is 36.3. The van der Waals surface area contributed by atoms with Crippen LogP contribution in [0, 0.1) is 17.8 Å². The molecule has 0 saturated carbocycles. The number of nitrogens with one attached hydrogen (secondary N) is 1. The van der Waals surface area contributed by atoms with E-state index in [0.717, 1.165) is 0 Å². The van der Waals surface area contributed by atoms with Crippen LogP contribution in [0.3, 0.4) is 0 Å². The number of esters is 2. The number of nitrogens with zero attached hydrogens (tertiary/aromatic N) is 1. The highest BCUT2D eigenvalue weighted by atomic mass is 31.2. The molecule has 0 spiro atoms. The van der Waals surface area contributed by atoms with Crippen molar-refractivity contribution in [2.75, 3.05) is 19.9 Å². The molecule has 2 atom stereocenters. The van der Waals surface area contributed by atoms with Gasteiger partial charge >= 0.3 is 19.8 Å². The van der Waals surface area contributed by atoms with Gasteiger partial charge in [0.05, 0.1) is 18.4 Å². The first-order valence-corrected chi connectivity index (χ1v) is 11.8.